The maximum Gasteiger partial charge on any atom is 0.267 e. The molecular formula is C13H17FN2O2. The quantitative estimate of drug-likeness (QED) is 0.829. The maximum absolute atomic E-state index is 13.3. The van der Waals surface area contributed by atoms with Gasteiger partial charge in [0, 0.05) is 12.6 Å². The molecule has 2 N–H and O–H groups in total. The SMILES string of the molecule is CC1Oc2ccc(F)cc2N(CCCCN)C1=O. The van der Waals surface area contributed by atoms with Crippen LogP contribution < -0.4 is 15.4 Å². The van der Waals surface area contributed by atoms with E-state index in [2.05, 4.69) is 0 Å². The number of rotatable bonds is 4. The maximum atomic E-state index is 13.3. The van der Waals surface area contributed by atoms with Gasteiger partial charge in [0.05, 0.1) is 5.69 Å². The van der Waals surface area contributed by atoms with E-state index in [0.717, 1.165) is 12.8 Å². The van der Waals surface area contributed by atoms with Crippen molar-refractivity contribution in [1.82, 2.24) is 0 Å². The molecule has 0 saturated heterocycles. The summed E-state index contributed by atoms with van der Waals surface area (Å²) in [7, 11) is 0. The third-order valence-corrected chi connectivity index (χ3v) is 2.97. The predicted molar refractivity (Wildman–Crippen MR) is 67.1 cm³/mol. The average Bonchev–Trinajstić information content (AvgIpc) is 2.35. The van der Waals surface area contributed by atoms with Crippen molar-refractivity contribution in [1.29, 1.82) is 0 Å². The first-order valence-electron chi connectivity index (χ1n) is 6.11. The van der Waals surface area contributed by atoms with Gasteiger partial charge in [-0.2, -0.15) is 0 Å². The Bertz CT molecular complexity index is 451. The average molecular weight is 252 g/mol. The largest absolute Gasteiger partial charge is 0.479 e. The summed E-state index contributed by atoms with van der Waals surface area (Å²) in [4.78, 5) is 13.6. The zero-order valence-electron chi connectivity index (χ0n) is 10.4. The molecule has 1 amide bonds. The monoisotopic (exact) mass is 252 g/mol. The summed E-state index contributed by atoms with van der Waals surface area (Å²) < 4.78 is 18.7. The van der Waals surface area contributed by atoms with Crippen LogP contribution in [0.15, 0.2) is 18.2 Å². The number of ether oxygens (including phenoxy) is 1. The molecule has 4 nitrogen and oxygen atoms in total. The van der Waals surface area contributed by atoms with Crippen LogP contribution in [0.4, 0.5) is 10.1 Å². The van der Waals surface area contributed by atoms with Crippen molar-refractivity contribution in [3.05, 3.63) is 24.0 Å². The van der Waals surface area contributed by atoms with E-state index in [1.54, 1.807) is 17.9 Å². The van der Waals surface area contributed by atoms with Gasteiger partial charge in [-0.05, 0) is 38.4 Å². The molecule has 1 aliphatic rings. The lowest BCUT2D eigenvalue weighted by molar-refractivity contribution is -0.125. The molecule has 2 rings (SSSR count). The number of benzene rings is 1. The molecule has 98 valence electrons. The van der Waals surface area contributed by atoms with Crippen molar-refractivity contribution in [3.8, 4) is 5.75 Å². The fourth-order valence-corrected chi connectivity index (χ4v) is 2.03. The third kappa shape index (κ3) is 2.46. The summed E-state index contributed by atoms with van der Waals surface area (Å²) in [6.45, 7) is 2.83. The van der Waals surface area contributed by atoms with Crippen molar-refractivity contribution in [2.45, 2.75) is 25.9 Å². The number of halogens is 1. The number of fused-ring (bicyclic) bond motifs is 1. The number of anilines is 1. The van der Waals surface area contributed by atoms with Gasteiger partial charge in [0.2, 0.25) is 0 Å². The molecule has 1 aromatic rings. The fraction of sp³-hybridized carbons (Fsp3) is 0.462. The molecule has 1 unspecified atom stereocenters. The van der Waals surface area contributed by atoms with Crippen LogP contribution >= 0.6 is 0 Å². The molecule has 0 spiro atoms. The second-order valence-corrected chi connectivity index (χ2v) is 4.36. The Morgan fingerprint density at radius 1 is 1.44 bits per heavy atom. The van der Waals surface area contributed by atoms with Gasteiger partial charge in [-0.15, -0.1) is 0 Å². The van der Waals surface area contributed by atoms with E-state index in [0.29, 0.717) is 24.5 Å². The molecule has 0 saturated carbocycles. The number of amides is 1. The number of hydrogen-bond donors (Lipinski definition) is 1. The molecule has 1 aromatic carbocycles. The molecular weight excluding hydrogens is 235 g/mol. The van der Waals surface area contributed by atoms with Gasteiger partial charge in [0.25, 0.3) is 5.91 Å². The molecule has 1 heterocycles. The van der Waals surface area contributed by atoms with Crippen molar-refractivity contribution >= 4 is 11.6 Å². The van der Waals surface area contributed by atoms with E-state index in [9.17, 15) is 9.18 Å². The minimum Gasteiger partial charge on any atom is -0.479 e. The Morgan fingerprint density at radius 3 is 2.94 bits per heavy atom. The van der Waals surface area contributed by atoms with Crippen molar-refractivity contribution < 1.29 is 13.9 Å². The van der Waals surface area contributed by atoms with Gasteiger partial charge in [0.1, 0.15) is 11.6 Å². The molecule has 0 bridgehead atoms. The van der Waals surface area contributed by atoms with Crippen LogP contribution in [0.5, 0.6) is 5.75 Å². The van der Waals surface area contributed by atoms with Crippen LogP contribution in [0.1, 0.15) is 19.8 Å². The minimum absolute atomic E-state index is 0.134. The molecule has 18 heavy (non-hydrogen) atoms. The standard InChI is InChI=1S/C13H17FN2O2/c1-9-13(17)16(7-3-2-6-15)11-8-10(14)4-5-12(11)18-9/h4-5,8-9H,2-3,6-7,15H2,1H3. The molecule has 0 aromatic heterocycles. The highest BCUT2D eigenvalue weighted by atomic mass is 19.1. The first kappa shape index (κ1) is 12.8. The second-order valence-electron chi connectivity index (χ2n) is 4.36. The Balaban J connectivity index is 2.26. The smallest absolute Gasteiger partial charge is 0.267 e. The number of nitrogens with two attached hydrogens (primary N) is 1. The van der Waals surface area contributed by atoms with Gasteiger partial charge >= 0.3 is 0 Å². The first-order chi connectivity index (χ1) is 8.63. The van der Waals surface area contributed by atoms with Gasteiger partial charge in [-0.3, -0.25) is 4.79 Å². The fourth-order valence-electron chi connectivity index (χ4n) is 2.03. The number of nitrogens with zero attached hydrogens (tertiary/aromatic N) is 1. The summed E-state index contributed by atoms with van der Waals surface area (Å²) in [6, 6.07) is 4.23. The van der Waals surface area contributed by atoms with Gasteiger partial charge in [-0.1, -0.05) is 0 Å². The lowest BCUT2D eigenvalue weighted by Crippen LogP contribution is -2.45. The summed E-state index contributed by atoms with van der Waals surface area (Å²) in [5.41, 5.74) is 5.95. The topological polar surface area (TPSA) is 55.6 Å². The highest BCUT2D eigenvalue weighted by Gasteiger charge is 2.31. The third-order valence-electron chi connectivity index (χ3n) is 2.97. The van der Waals surface area contributed by atoms with E-state index < -0.39 is 6.10 Å². The Hall–Kier alpha value is -1.62. The van der Waals surface area contributed by atoms with Crippen LogP contribution in [0, 0.1) is 5.82 Å². The van der Waals surface area contributed by atoms with Gasteiger partial charge in [0.15, 0.2) is 6.10 Å². The van der Waals surface area contributed by atoms with Gasteiger partial charge < -0.3 is 15.4 Å². The second kappa shape index (κ2) is 5.35. The molecule has 1 atom stereocenters. The Labute approximate surface area is 106 Å². The summed E-state index contributed by atoms with van der Waals surface area (Å²) in [5, 5.41) is 0. The summed E-state index contributed by atoms with van der Waals surface area (Å²) >= 11 is 0. The highest BCUT2D eigenvalue weighted by Crippen LogP contribution is 2.34. The van der Waals surface area contributed by atoms with Gasteiger partial charge in [-0.25, -0.2) is 4.39 Å². The molecule has 1 aliphatic heterocycles. The lowest BCUT2D eigenvalue weighted by Gasteiger charge is -2.33. The summed E-state index contributed by atoms with van der Waals surface area (Å²) in [6.07, 6.45) is 1.11. The number of carbonyl (C=O) groups excluding carboxylic acids is 1. The van der Waals surface area contributed by atoms with E-state index in [-0.39, 0.29) is 11.7 Å². The van der Waals surface area contributed by atoms with E-state index in [1.807, 2.05) is 0 Å². The van der Waals surface area contributed by atoms with Crippen molar-refractivity contribution in [2.24, 2.45) is 5.73 Å². The zero-order valence-corrected chi connectivity index (χ0v) is 10.4. The van der Waals surface area contributed by atoms with Crippen LogP contribution in [0.3, 0.4) is 0 Å². The molecule has 0 radical (unpaired) electrons. The lowest BCUT2D eigenvalue weighted by atomic mass is 10.1. The summed E-state index contributed by atoms with van der Waals surface area (Å²) in [5.74, 6) is 0.0462. The zero-order chi connectivity index (χ0) is 13.1. The minimum atomic E-state index is -0.527. The van der Waals surface area contributed by atoms with E-state index >= 15 is 0 Å². The van der Waals surface area contributed by atoms with E-state index in [1.165, 1.54) is 12.1 Å². The van der Waals surface area contributed by atoms with Crippen LogP contribution in [0.25, 0.3) is 0 Å². The number of hydrogen-bond acceptors (Lipinski definition) is 3. The van der Waals surface area contributed by atoms with Crippen LogP contribution in [-0.2, 0) is 4.79 Å². The Morgan fingerprint density at radius 2 is 2.22 bits per heavy atom. The van der Waals surface area contributed by atoms with Crippen LogP contribution in [-0.4, -0.2) is 25.1 Å². The first-order valence-corrected chi connectivity index (χ1v) is 6.11. The van der Waals surface area contributed by atoms with Crippen LogP contribution in [0.2, 0.25) is 0 Å². The van der Waals surface area contributed by atoms with Crippen molar-refractivity contribution in [2.75, 3.05) is 18.0 Å². The molecule has 5 heteroatoms. The Kier molecular flexibility index (Phi) is 3.81. The highest BCUT2D eigenvalue weighted by molar-refractivity contribution is 5.99. The molecule has 0 fully saturated rings. The normalized spacial score (nSPS) is 18.5. The molecule has 0 aliphatic carbocycles. The number of unbranched alkanes of at least 4 members (excludes halogenated alkanes) is 1. The van der Waals surface area contributed by atoms with Crippen molar-refractivity contribution in [3.63, 3.8) is 0 Å². The van der Waals surface area contributed by atoms with E-state index in [4.69, 9.17) is 10.5 Å². The predicted octanol–water partition coefficient (Wildman–Crippen LogP) is 1.68. The number of carbonyl (C=O) groups is 1.